The van der Waals surface area contributed by atoms with Gasteiger partial charge in [0, 0.05) is 6.54 Å². The van der Waals surface area contributed by atoms with E-state index < -0.39 is 0 Å². The Bertz CT molecular complexity index is 183. The van der Waals surface area contributed by atoms with Gasteiger partial charge in [-0.1, -0.05) is 0 Å². The number of nitrogens with zero attached hydrogens (tertiary/aromatic N) is 2. The second-order valence-corrected chi connectivity index (χ2v) is 4.51. The third-order valence-electron chi connectivity index (χ3n) is 2.72. The van der Waals surface area contributed by atoms with E-state index in [2.05, 4.69) is 23.9 Å². The molecule has 0 amide bonds. The molecule has 0 aromatic carbocycles. The average Bonchev–Trinajstić information content (AvgIpc) is 2.06. The van der Waals surface area contributed by atoms with Crippen LogP contribution in [-0.2, 0) is 0 Å². The second kappa shape index (κ2) is 5.32. The molecule has 1 heterocycles. The van der Waals surface area contributed by atoms with Crippen LogP contribution in [0, 0.1) is 11.3 Å². The lowest BCUT2D eigenvalue weighted by Gasteiger charge is -2.32. The van der Waals surface area contributed by atoms with E-state index in [1.807, 2.05) is 0 Å². The first kappa shape index (κ1) is 11.5. The van der Waals surface area contributed by atoms with Crippen molar-refractivity contribution in [2.24, 2.45) is 11.7 Å². The maximum atomic E-state index is 7.22. The second-order valence-electron chi connectivity index (χ2n) is 4.51. The van der Waals surface area contributed by atoms with E-state index in [1.165, 1.54) is 19.4 Å². The Morgan fingerprint density at radius 3 is 2.43 bits per heavy atom. The molecule has 4 nitrogen and oxygen atoms in total. The number of rotatable bonds is 4. The lowest BCUT2D eigenvalue weighted by atomic mass is 9.96. The van der Waals surface area contributed by atoms with Crippen molar-refractivity contribution in [2.45, 2.75) is 12.8 Å². The van der Waals surface area contributed by atoms with Crippen LogP contribution in [0.2, 0.25) is 0 Å². The molecular weight excluding hydrogens is 176 g/mol. The summed E-state index contributed by atoms with van der Waals surface area (Å²) < 4.78 is 0. The molecular formula is C10H22N4. The molecule has 0 radical (unpaired) electrons. The van der Waals surface area contributed by atoms with Crippen LogP contribution in [0.25, 0.3) is 0 Å². The summed E-state index contributed by atoms with van der Waals surface area (Å²) in [5.41, 5.74) is 5.37. The van der Waals surface area contributed by atoms with Gasteiger partial charge in [-0.25, -0.2) is 0 Å². The summed E-state index contributed by atoms with van der Waals surface area (Å²) in [7, 11) is 4.25. The van der Waals surface area contributed by atoms with Gasteiger partial charge in [0.15, 0.2) is 0 Å². The van der Waals surface area contributed by atoms with Crippen molar-refractivity contribution < 1.29 is 0 Å². The molecule has 0 aliphatic carbocycles. The van der Waals surface area contributed by atoms with Crippen LogP contribution >= 0.6 is 0 Å². The van der Waals surface area contributed by atoms with Crippen molar-refractivity contribution in [3.63, 3.8) is 0 Å². The highest BCUT2D eigenvalue weighted by Gasteiger charge is 2.19. The molecule has 82 valence electrons. The predicted octanol–water partition coefficient (Wildman–Crippen LogP) is 0.196. The number of nitrogens with one attached hydrogen (secondary N) is 1. The van der Waals surface area contributed by atoms with Crippen LogP contribution in [0.1, 0.15) is 12.8 Å². The van der Waals surface area contributed by atoms with Gasteiger partial charge in [0.2, 0.25) is 0 Å². The summed E-state index contributed by atoms with van der Waals surface area (Å²) in [6.45, 7) is 4.03. The molecule has 0 atom stereocenters. The van der Waals surface area contributed by atoms with E-state index in [-0.39, 0.29) is 5.84 Å². The maximum absolute atomic E-state index is 7.22. The number of amidine groups is 1. The van der Waals surface area contributed by atoms with Gasteiger partial charge in [0.25, 0.3) is 0 Å². The molecule has 0 spiro atoms. The summed E-state index contributed by atoms with van der Waals surface area (Å²) in [5, 5.41) is 7.22. The van der Waals surface area contributed by atoms with E-state index >= 15 is 0 Å². The zero-order valence-corrected chi connectivity index (χ0v) is 9.29. The minimum Gasteiger partial charge on any atom is -0.387 e. The zero-order valence-electron chi connectivity index (χ0n) is 9.29. The van der Waals surface area contributed by atoms with Crippen LogP contribution in [0.3, 0.4) is 0 Å². The minimum absolute atomic E-state index is 0.288. The molecule has 0 bridgehead atoms. The lowest BCUT2D eigenvalue weighted by molar-refractivity contribution is 0.178. The van der Waals surface area contributed by atoms with E-state index in [0.29, 0.717) is 6.54 Å². The minimum atomic E-state index is 0.288. The molecule has 3 N–H and O–H groups in total. The lowest BCUT2D eigenvalue weighted by Crippen LogP contribution is -2.41. The Kier molecular flexibility index (Phi) is 4.35. The Labute approximate surface area is 86.6 Å². The van der Waals surface area contributed by atoms with Gasteiger partial charge >= 0.3 is 0 Å². The van der Waals surface area contributed by atoms with Crippen LogP contribution in [0.5, 0.6) is 0 Å². The van der Waals surface area contributed by atoms with Crippen molar-refractivity contribution >= 4 is 5.84 Å². The predicted molar refractivity (Wildman–Crippen MR) is 59.6 cm³/mol. The first-order chi connectivity index (χ1) is 6.58. The van der Waals surface area contributed by atoms with Crippen LogP contribution in [-0.4, -0.2) is 55.9 Å². The molecule has 0 aromatic rings. The summed E-state index contributed by atoms with van der Waals surface area (Å²) in [4.78, 5) is 4.53. The Morgan fingerprint density at radius 2 is 2.00 bits per heavy atom. The number of nitrogens with two attached hydrogens (primary N) is 1. The Balaban J connectivity index is 2.21. The van der Waals surface area contributed by atoms with Gasteiger partial charge < -0.3 is 10.6 Å². The fourth-order valence-corrected chi connectivity index (χ4v) is 2.08. The zero-order chi connectivity index (χ0) is 10.6. The number of hydrogen-bond donors (Lipinski definition) is 2. The van der Waals surface area contributed by atoms with Gasteiger partial charge in [0.05, 0.1) is 6.54 Å². The van der Waals surface area contributed by atoms with Crippen molar-refractivity contribution in [1.82, 2.24) is 9.80 Å². The molecule has 0 saturated carbocycles. The molecule has 0 aromatic heterocycles. The third kappa shape index (κ3) is 4.07. The molecule has 1 fully saturated rings. The summed E-state index contributed by atoms with van der Waals surface area (Å²) >= 11 is 0. The van der Waals surface area contributed by atoms with Gasteiger partial charge in [-0.05, 0) is 45.9 Å². The fraction of sp³-hybridized carbons (Fsp3) is 0.900. The molecule has 0 unspecified atom stereocenters. The highest BCUT2D eigenvalue weighted by molar-refractivity contribution is 5.78. The quantitative estimate of drug-likeness (QED) is 0.501. The third-order valence-corrected chi connectivity index (χ3v) is 2.72. The summed E-state index contributed by atoms with van der Waals surface area (Å²) in [6.07, 6.45) is 2.48. The van der Waals surface area contributed by atoms with E-state index in [9.17, 15) is 0 Å². The van der Waals surface area contributed by atoms with Crippen LogP contribution in [0.15, 0.2) is 0 Å². The highest BCUT2D eigenvalue weighted by Crippen LogP contribution is 2.17. The number of likely N-dealkylation sites (tertiary alicyclic amines) is 1. The molecule has 1 rings (SSSR count). The smallest absolute Gasteiger partial charge is 0.105 e. The van der Waals surface area contributed by atoms with Crippen LogP contribution in [0.4, 0.5) is 0 Å². The van der Waals surface area contributed by atoms with E-state index in [0.717, 1.165) is 19.0 Å². The Hall–Kier alpha value is -0.610. The monoisotopic (exact) mass is 198 g/mol. The van der Waals surface area contributed by atoms with Gasteiger partial charge in [-0.15, -0.1) is 0 Å². The first-order valence-electron chi connectivity index (χ1n) is 5.28. The summed E-state index contributed by atoms with van der Waals surface area (Å²) in [6, 6.07) is 0. The number of hydrogen-bond acceptors (Lipinski definition) is 3. The van der Waals surface area contributed by atoms with Crippen molar-refractivity contribution in [2.75, 3.05) is 40.3 Å². The van der Waals surface area contributed by atoms with Crippen LogP contribution < -0.4 is 5.73 Å². The maximum Gasteiger partial charge on any atom is 0.105 e. The fourth-order valence-electron chi connectivity index (χ4n) is 2.08. The Morgan fingerprint density at radius 1 is 1.43 bits per heavy atom. The molecule has 1 aliphatic rings. The molecule has 1 aliphatic heterocycles. The van der Waals surface area contributed by atoms with E-state index in [4.69, 9.17) is 11.1 Å². The summed E-state index contributed by atoms with van der Waals surface area (Å²) in [5.74, 6) is 1.12. The van der Waals surface area contributed by atoms with Crippen molar-refractivity contribution in [3.8, 4) is 0 Å². The first-order valence-corrected chi connectivity index (χ1v) is 5.28. The molecule has 1 saturated heterocycles. The highest BCUT2D eigenvalue weighted by atomic mass is 15.1. The van der Waals surface area contributed by atoms with Crippen molar-refractivity contribution in [3.05, 3.63) is 0 Å². The average molecular weight is 198 g/mol. The normalized spacial score (nSPS) is 20.2. The largest absolute Gasteiger partial charge is 0.387 e. The van der Waals surface area contributed by atoms with Gasteiger partial charge in [-0.3, -0.25) is 10.3 Å². The van der Waals surface area contributed by atoms with Gasteiger partial charge in [-0.2, -0.15) is 0 Å². The standard InChI is InChI=1S/C10H22N4/c1-13(2)7-9-3-5-14(6-4-9)8-10(11)12/h9H,3-8H2,1-2H3,(H3,11,12). The van der Waals surface area contributed by atoms with E-state index in [1.54, 1.807) is 0 Å². The number of piperidine rings is 1. The molecule has 4 heteroatoms. The SMILES string of the molecule is CN(C)CC1CCN(CC(=N)N)CC1. The van der Waals surface area contributed by atoms with Crippen molar-refractivity contribution in [1.29, 1.82) is 5.41 Å². The van der Waals surface area contributed by atoms with Gasteiger partial charge in [0.1, 0.15) is 5.84 Å². The molecule has 14 heavy (non-hydrogen) atoms. The topological polar surface area (TPSA) is 56.4 Å².